The van der Waals surface area contributed by atoms with Crippen molar-refractivity contribution in [3.8, 4) is 29.2 Å². The van der Waals surface area contributed by atoms with Gasteiger partial charge in [-0.15, -0.1) is 12.3 Å². The number of carbonyl (C=O) groups excluding carboxylic acids is 2. The van der Waals surface area contributed by atoms with Crippen molar-refractivity contribution in [2.45, 2.75) is 18.8 Å². The minimum Gasteiger partial charge on any atom is -0.496 e. The third-order valence-electron chi connectivity index (χ3n) is 4.67. The first kappa shape index (κ1) is 18.7. The normalized spacial score (nSPS) is 19.2. The fourth-order valence-corrected chi connectivity index (χ4v) is 3.36. The molecule has 0 radical (unpaired) electrons. The number of terminal acetylenes is 1. The topological polar surface area (TPSA) is 43.4 Å². The molecule has 1 fully saturated rings. The molecule has 0 spiro atoms. The lowest BCUT2D eigenvalue weighted by atomic mass is 9.90. The molecule has 0 N–H and O–H groups in total. The molecule has 0 bridgehead atoms. The molecule has 6 heteroatoms. The number of ketones is 2. The number of hydrogen-bond donors (Lipinski definition) is 0. The molecule has 138 valence electrons. The summed E-state index contributed by atoms with van der Waals surface area (Å²) in [7, 11) is 1.27. The number of halogens is 3. The molecule has 3 rings (SSSR count). The minimum absolute atomic E-state index is 0.0113. The van der Waals surface area contributed by atoms with Gasteiger partial charge in [0, 0.05) is 24.3 Å². The Morgan fingerprint density at radius 3 is 2.41 bits per heavy atom. The second-order valence-corrected chi connectivity index (χ2v) is 6.31. The molecule has 2 aromatic rings. The van der Waals surface area contributed by atoms with Crippen molar-refractivity contribution >= 4 is 11.6 Å². The third kappa shape index (κ3) is 3.33. The van der Waals surface area contributed by atoms with E-state index in [1.54, 1.807) is 0 Å². The Hall–Kier alpha value is -3.07. The van der Waals surface area contributed by atoms with E-state index in [2.05, 4.69) is 5.92 Å². The highest BCUT2D eigenvalue weighted by Gasteiger charge is 2.44. The number of carbonyl (C=O) groups is 2. The molecule has 27 heavy (non-hydrogen) atoms. The smallest absolute Gasteiger partial charge is 0.159 e. The maximum atomic E-state index is 14.9. The van der Waals surface area contributed by atoms with Gasteiger partial charge in [0.1, 0.15) is 23.3 Å². The van der Waals surface area contributed by atoms with Gasteiger partial charge in [0.05, 0.1) is 7.11 Å². The van der Waals surface area contributed by atoms with Gasteiger partial charge < -0.3 is 4.74 Å². The minimum atomic E-state index is -1.28. The predicted octanol–water partition coefficient (Wildman–Crippen LogP) is 4.04. The molecule has 1 unspecified atom stereocenters. The van der Waals surface area contributed by atoms with Gasteiger partial charge in [-0.25, -0.2) is 13.2 Å². The zero-order valence-corrected chi connectivity index (χ0v) is 14.4. The van der Waals surface area contributed by atoms with E-state index in [0.717, 1.165) is 18.2 Å². The summed E-state index contributed by atoms with van der Waals surface area (Å²) in [5.74, 6) is -3.36. The van der Waals surface area contributed by atoms with Crippen LogP contribution in [0, 0.1) is 35.7 Å². The zero-order valence-electron chi connectivity index (χ0n) is 14.4. The summed E-state index contributed by atoms with van der Waals surface area (Å²) >= 11 is 0. The summed E-state index contributed by atoms with van der Waals surface area (Å²) in [5.41, 5.74) is 0.301. The van der Waals surface area contributed by atoms with Crippen molar-refractivity contribution in [2.75, 3.05) is 7.11 Å². The first-order valence-corrected chi connectivity index (χ1v) is 8.20. The Balaban J connectivity index is 2.08. The number of methoxy groups -OCH3 is 1. The van der Waals surface area contributed by atoms with Crippen molar-refractivity contribution in [1.82, 2.24) is 0 Å². The van der Waals surface area contributed by atoms with Crippen molar-refractivity contribution in [3.05, 3.63) is 53.3 Å². The lowest BCUT2D eigenvalue weighted by molar-refractivity contribution is -0.124. The second-order valence-electron chi connectivity index (χ2n) is 6.31. The van der Waals surface area contributed by atoms with Crippen LogP contribution in [0.3, 0.4) is 0 Å². The van der Waals surface area contributed by atoms with Gasteiger partial charge in [-0.3, -0.25) is 9.59 Å². The molecule has 2 aromatic carbocycles. The van der Waals surface area contributed by atoms with Crippen LogP contribution in [0.1, 0.15) is 24.3 Å². The Bertz CT molecular complexity index is 975. The summed E-state index contributed by atoms with van der Waals surface area (Å²) in [6.07, 6.45) is 5.29. The summed E-state index contributed by atoms with van der Waals surface area (Å²) in [6.45, 7) is 0. The summed E-state index contributed by atoms with van der Waals surface area (Å²) in [5, 5.41) is 0. The molecular formula is C21H15F3O3. The van der Waals surface area contributed by atoms with Crippen LogP contribution in [-0.2, 0) is 9.59 Å². The number of rotatable bonds is 4. The first-order valence-electron chi connectivity index (χ1n) is 8.20. The van der Waals surface area contributed by atoms with Gasteiger partial charge in [-0.05, 0) is 35.4 Å². The fraction of sp³-hybridized carbons (Fsp3) is 0.238. The van der Waals surface area contributed by atoms with Crippen molar-refractivity contribution in [2.24, 2.45) is 5.92 Å². The van der Waals surface area contributed by atoms with Gasteiger partial charge in [0.2, 0.25) is 0 Å². The third-order valence-corrected chi connectivity index (χ3v) is 4.67. The van der Waals surface area contributed by atoms with Crippen LogP contribution in [0.15, 0.2) is 30.3 Å². The van der Waals surface area contributed by atoms with Crippen LogP contribution >= 0.6 is 0 Å². The maximum absolute atomic E-state index is 14.9. The van der Waals surface area contributed by atoms with E-state index in [4.69, 9.17) is 11.2 Å². The molecule has 1 aliphatic carbocycles. The van der Waals surface area contributed by atoms with Crippen LogP contribution in [0.2, 0.25) is 0 Å². The number of benzene rings is 2. The highest BCUT2D eigenvalue weighted by molar-refractivity contribution is 6.15. The van der Waals surface area contributed by atoms with Crippen LogP contribution in [0.5, 0.6) is 5.75 Å². The van der Waals surface area contributed by atoms with Gasteiger partial charge in [0.15, 0.2) is 17.4 Å². The van der Waals surface area contributed by atoms with Gasteiger partial charge in [0.25, 0.3) is 0 Å². The molecule has 1 saturated carbocycles. The van der Waals surface area contributed by atoms with E-state index in [1.165, 1.54) is 19.2 Å². The van der Waals surface area contributed by atoms with Crippen molar-refractivity contribution in [3.63, 3.8) is 0 Å². The van der Waals surface area contributed by atoms with E-state index in [0.29, 0.717) is 0 Å². The van der Waals surface area contributed by atoms with Gasteiger partial charge in [-0.1, -0.05) is 6.07 Å². The number of Topliss-reactive ketones (excluding diaryl/α,β-unsaturated/α-hetero) is 2. The molecule has 0 saturated heterocycles. The lowest BCUT2D eigenvalue weighted by Gasteiger charge is -2.16. The molecule has 0 amide bonds. The zero-order chi connectivity index (χ0) is 19.7. The standard InChI is InChI=1S/C21H15F3O3/c1-3-4-12-9-17(25)20(21(12)26)19-16(24)8-13(10-18(19)27-2)11-5-6-14(22)15(23)7-11/h1,5-8,10,12,20H,4,9H2,2H3/t12-,20?/m1/s1. The van der Waals surface area contributed by atoms with Crippen molar-refractivity contribution in [1.29, 1.82) is 0 Å². The molecule has 1 aliphatic rings. The average Bonchev–Trinajstić information content (AvgIpc) is 2.91. The summed E-state index contributed by atoms with van der Waals surface area (Å²) in [4.78, 5) is 24.9. The summed E-state index contributed by atoms with van der Waals surface area (Å²) < 4.78 is 46.7. The fourth-order valence-electron chi connectivity index (χ4n) is 3.36. The van der Waals surface area contributed by atoms with Crippen molar-refractivity contribution < 1.29 is 27.5 Å². The van der Waals surface area contributed by atoms with E-state index >= 15 is 0 Å². The van der Waals surface area contributed by atoms with E-state index in [1.807, 2.05) is 0 Å². The Morgan fingerprint density at radius 1 is 1.07 bits per heavy atom. The van der Waals surface area contributed by atoms with Crippen LogP contribution < -0.4 is 4.74 Å². The Labute approximate surface area is 154 Å². The van der Waals surface area contributed by atoms with Crippen LogP contribution in [0.25, 0.3) is 11.1 Å². The molecular weight excluding hydrogens is 357 g/mol. The molecule has 0 heterocycles. The van der Waals surface area contributed by atoms with Gasteiger partial charge >= 0.3 is 0 Å². The molecule has 0 aliphatic heterocycles. The Kier molecular flexibility index (Phi) is 5.04. The van der Waals surface area contributed by atoms with Crippen LogP contribution in [-0.4, -0.2) is 18.7 Å². The van der Waals surface area contributed by atoms with Crippen LogP contribution in [0.4, 0.5) is 13.2 Å². The summed E-state index contributed by atoms with van der Waals surface area (Å²) in [6, 6.07) is 5.61. The van der Waals surface area contributed by atoms with E-state index in [-0.39, 0.29) is 35.3 Å². The largest absolute Gasteiger partial charge is 0.496 e. The average molecular weight is 372 g/mol. The lowest BCUT2D eigenvalue weighted by Crippen LogP contribution is -2.17. The number of hydrogen-bond acceptors (Lipinski definition) is 3. The number of ether oxygens (including phenoxy) is 1. The SMILES string of the molecule is C#CC[C@@H]1CC(=O)C(c2c(F)cc(-c3ccc(F)c(F)c3)cc2OC)C1=O. The Morgan fingerprint density at radius 2 is 1.78 bits per heavy atom. The predicted molar refractivity (Wildman–Crippen MR) is 92.6 cm³/mol. The molecule has 3 nitrogen and oxygen atoms in total. The first-order chi connectivity index (χ1) is 12.9. The second kappa shape index (κ2) is 7.28. The highest BCUT2D eigenvalue weighted by atomic mass is 19.2. The molecule has 2 atom stereocenters. The van der Waals surface area contributed by atoms with E-state index in [9.17, 15) is 22.8 Å². The highest BCUT2D eigenvalue weighted by Crippen LogP contribution is 2.41. The maximum Gasteiger partial charge on any atom is 0.159 e. The van der Waals surface area contributed by atoms with E-state index < -0.39 is 40.9 Å². The quantitative estimate of drug-likeness (QED) is 0.601. The van der Waals surface area contributed by atoms with Gasteiger partial charge in [-0.2, -0.15) is 0 Å². The monoisotopic (exact) mass is 372 g/mol. The molecule has 0 aromatic heterocycles.